The van der Waals surface area contributed by atoms with Gasteiger partial charge in [-0.1, -0.05) is 30.3 Å². The Hall–Kier alpha value is -3.35. The highest BCUT2D eigenvalue weighted by molar-refractivity contribution is 5.98. The molecule has 0 fully saturated rings. The maximum atomic E-state index is 12.5. The molecule has 2 rings (SSSR count). The molecule has 0 aromatic heterocycles. The number of nitrogens with one attached hydrogen (secondary N) is 2. The minimum atomic E-state index is -1.17. The highest BCUT2D eigenvalue weighted by Gasteiger charge is 2.25. The molecular weight excluding hydrogens is 342 g/mol. The van der Waals surface area contributed by atoms with E-state index in [0.29, 0.717) is 11.1 Å². The molecule has 0 saturated heterocycles. The molecule has 2 atom stereocenters. The standard InChI is InChI=1S/C19H20N2O5/c1-12(19(25)26)20-18(24)16(11-13-7-9-15(22)10-8-13)21-17(23)14-5-3-2-4-6-14/h2-10,12,16,22H,11H2,1H3,(H,20,24)(H,21,23)(H,25,26)/t12-,16-/m0/s1/i2+1,3+1,4+1,5+1,6+1,14+1. The molecule has 2 amide bonds. The zero-order chi connectivity index (χ0) is 19.1. The molecule has 0 saturated carbocycles. The quantitative estimate of drug-likeness (QED) is 0.593. The second-order valence-electron chi connectivity index (χ2n) is 5.83. The molecule has 4 N–H and O–H groups in total. The van der Waals surface area contributed by atoms with E-state index < -0.39 is 29.9 Å². The van der Waals surface area contributed by atoms with Gasteiger partial charge in [-0.15, -0.1) is 0 Å². The summed E-state index contributed by atoms with van der Waals surface area (Å²) in [6, 6.07) is 12.6. The lowest BCUT2D eigenvalue weighted by atomic mass is 10.0. The molecule has 0 heterocycles. The Morgan fingerprint density at radius 3 is 2.15 bits per heavy atom. The fraction of sp³-hybridized carbons (Fsp3) is 0.211. The summed E-state index contributed by atoms with van der Waals surface area (Å²) in [5.74, 6) is -2.12. The molecule has 0 spiro atoms. The number of hydrogen-bond donors (Lipinski definition) is 4. The lowest BCUT2D eigenvalue weighted by molar-refractivity contribution is -0.141. The van der Waals surface area contributed by atoms with Gasteiger partial charge in [0.2, 0.25) is 5.91 Å². The van der Waals surface area contributed by atoms with Crippen LogP contribution >= 0.6 is 0 Å². The Balaban J connectivity index is 2.17. The molecule has 0 bridgehead atoms. The minimum absolute atomic E-state index is 0.0857. The first-order chi connectivity index (χ1) is 12.4. The third-order valence-electron chi connectivity index (χ3n) is 3.76. The van der Waals surface area contributed by atoms with Crippen molar-refractivity contribution in [1.29, 1.82) is 0 Å². The van der Waals surface area contributed by atoms with Gasteiger partial charge in [0.05, 0.1) is 0 Å². The summed E-state index contributed by atoms with van der Waals surface area (Å²) < 4.78 is 0. The van der Waals surface area contributed by atoms with Crippen LogP contribution < -0.4 is 10.6 Å². The third-order valence-corrected chi connectivity index (χ3v) is 3.76. The lowest BCUT2D eigenvalue weighted by Crippen LogP contribution is -2.51. The van der Waals surface area contributed by atoms with Crippen LogP contribution in [0.2, 0.25) is 0 Å². The number of carboxylic acid groups (broad SMARTS) is 1. The SMILES string of the molecule is C[C@H](NC(=O)[C@H](Cc1ccc(O)cc1)NC(=O)[13c]1[13cH][13cH][13cH][13cH][13cH]1)C(=O)O. The summed E-state index contributed by atoms with van der Waals surface area (Å²) in [5, 5.41) is 23.3. The Kier molecular flexibility index (Phi) is 6.32. The van der Waals surface area contributed by atoms with Crippen molar-refractivity contribution in [2.24, 2.45) is 0 Å². The molecule has 26 heavy (non-hydrogen) atoms. The van der Waals surface area contributed by atoms with E-state index in [0.717, 1.165) is 0 Å². The predicted octanol–water partition coefficient (Wildman–Crippen LogP) is 1.32. The topological polar surface area (TPSA) is 116 Å². The first-order valence-electron chi connectivity index (χ1n) is 8.04. The van der Waals surface area contributed by atoms with Gasteiger partial charge in [0.25, 0.3) is 5.91 Å². The van der Waals surface area contributed by atoms with Crippen LogP contribution in [0.25, 0.3) is 0 Å². The van der Waals surface area contributed by atoms with Crippen LogP contribution in [-0.2, 0) is 16.0 Å². The van der Waals surface area contributed by atoms with Crippen molar-refractivity contribution in [2.75, 3.05) is 0 Å². The summed E-state index contributed by atoms with van der Waals surface area (Å²) in [5.41, 5.74) is 1.10. The van der Waals surface area contributed by atoms with E-state index in [9.17, 15) is 19.5 Å². The van der Waals surface area contributed by atoms with Crippen molar-refractivity contribution in [3.05, 3.63) is 65.7 Å². The normalized spacial score (nSPS) is 12.7. The van der Waals surface area contributed by atoms with Gasteiger partial charge in [-0.2, -0.15) is 0 Å². The van der Waals surface area contributed by atoms with Gasteiger partial charge >= 0.3 is 5.97 Å². The first kappa shape index (κ1) is 19.0. The lowest BCUT2D eigenvalue weighted by Gasteiger charge is -2.20. The van der Waals surface area contributed by atoms with E-state index in [1.807, 2.05) is 0 Å². The van der Waals surface area contributed by atoms with E-state index in [1.165, 1.54) is 19.1 Å². The number of rotatable bonds is 7. The highest BCUT2D eigenvalue weighted by Crippen LogP contribution is 2.12. The average Bonchev–Trinajstić information content (AvgIpc) is 2.63. The van der Waals surface area contributed by atoms with Crippen molar-refractivity contribution in [3.8, 4) is 5.75 Å². The zero-order valence-electron chi connectivity index (χ0n) is 14.2. The van der Waals surface area contributed by atoms with Crippen LogP contribution in [0.15, 0.2) is 54.6 Å². The van der Waals surface area contributed by atoms with Crippen molar-refractivity contribution >= 4 is 17.8 Å². The first-order valence-corrected chi connectivity index (χ1v) is 8.04. The molecule has 136 valence electrons. The monoisotopic (exact) mass is 362 g/mol. The van der Waals surface area contributed by atoms with Gasteiger partial charge in [0.1, 0.15) is 17.8 Å². The Morgan fingerprint density at radius 2 is 1.58 bits per heavy atom. The highest BCUT2D eigenvalue weighted by atomic mass is 16.4. The van der Waals surface area contributed by atoms with Crippen LogP contribution in [0, 0.1) is 0 Å². The van der Waals surface area contributed by atoms with Gasteiger partial charge < -0.3 is 20.8 Å². The van der Waals surface area contributed by atoms with Crippen molar-refractivity contribution < 1.29 is 24.6 Å². The Bertz CT molecular complexity index is 774. The number of phenols is 1. The molecule has 0 aliphatic heterocycles. The number of benzene rings is 2. The molecule has 0 unspecified atom stereocenters. The van der Waals surface area contributed by atoms with E-state index in [1.54, 1.807) is 42.5 Å². The van der Waals surface area contributed by atoms with Crippen LogP contribution in [-0.4, -0.2) is 40.1 Å². The van der Waals surface area contributed by atoms with E-state index >= 15 is 0 Å². The maximum Gasteiger partial charge on any atom is 0.325 e. The third kappa shape index (κ3) is 5.34. The minimum Gasteiger partial charge on any atom is -0.508 e. The van der Waals surface area contributed by atoms with Gasteiger partial charge in [0, 0.05) is 12.0 Å². The number of carbonyl (C=O) groups excluding carboxylic acids is 2. The summed E-state index contributed by atoms with van der Waals surface area (Å²) in [7, 11) is 0. The van der Waals surface area contributed by atoms with Crippen LogP contribution in [0.3, 0.4) is 0 Å². The number of hydrogen-bond acceptors (Lipinski definition) is 4. The van der Waals surface area contributed by atoms with Crippen LogP contribution in [0.4, 0.5) is 0 Å². The molecule has 0 radical (unpaired) electrons. The molecule has 0 aliphatic rings. The second kappa shape index (κ2) is 8.66. The number of aromatic hydroxyl groups is 1. The van der Waals surface area contributed by atoms with Gasteiger partial charge in [-0.05, 0) is 36.8 Å². The second-order valence-corrected chi connectivity index (χ2v) is 5.83. The maximum absolute atomic E-state index is 12.5. The number of carboxylic acids is 1. The summed E-state index contributed by atoms with van der Waals surface area (Å²) in [6.07, 6.45) is 0.150. The van der Waals surface area contributed by atoms with E-state index in [4.69, 9.17) is 5.11 Å². The smallest absolute Gasteiger partial charge is 0.325 e. The van der Waals surface area contributed by atoms with Crippen molar-refractivity contribution in [3.63, 3.8) is 0 Å². The molecule has 0 aliphatic carbocycles. The zero-order valence-corrected chi connectivity index (χ0v) is 14.2. The molecule has 2 aromatic rings. The predicted molar refractivity (Wildman–Crippen MR) is 94.7 cm³/mol. The van der Waals surface area contributed by atoms with Crippen LogP contribution in [0.1, 0.15) is 22.8 Å². The van der Waals surface area contributed by atoms with E-state index in [2.05, 4.69) is 10.6 Å². The van der Waals surface area contributed by atoms with E-state index in [-0.39, 0.29) is 12.2 Å². The fourth-order valence-corrected chi connectivity index (χ4v) is 2.28. The number of phenolic OH excluding ortho intramolecular Hbond substituents is 1. The van der Waals surface area contributed by atoms with Crippen molar-refractivity contribution in [2.45, 2.75) is 25.4 Å². The molecular formula is C19H20N2O5. The molecule has 2 aromatic carbocycles. The van der Waals surface area contributed by atoms with Gasteiger partial charge in [0.15, 0.2) is 0 Å². The number of aliphatic carboxylic acids is 1. The van der Waals surface area contributed by atoms with Crippen LogP contribution in [0.5, 0.6) is 5.75 Å². The largest absolute Gasteiger partial charge is 0.508 e. The summed E-state index contributed by atoms with van der Waals surface area (Å²) in [6.45, 7) is 1.34. The fourth-order valence-electron chi connectivity index (χ4n) is 2.28. The number of amides is 2. The Labute approximate surface area is 150 Å². The van der Waals surface area contributed by atoms with Crippen molar-refractivity contribution in [1.82, 2.24) is 10.6 Å². The average molecular weight is 362 g/mol. The van der Waals surface area contributed by atoms with Gasteiger partial charge in [-0.3, -0.25) is 14.4 Å². The molecule has 7 nitrogen and oxygen atoms in total. The molecule has 7 heteroatoms. The summed E-state index contributed by atoms with van der Waals surface area (Å²) in [4.78, 5) is 35.8. The summed E-state index contributed by atoms with van der Waals surface area (Å²) >= 11 is 0. The Morgan fingerprint density at radius 1 is 0.962 bits per heavy atom. The number of carbonyl (C=O) groups is 3. The van der Waals surface area contributed by atoms with Gasteiger partial charge in [-0.25, -0.2) is 0 Å².